The maximum absolute atomic E-state index is 3.90. The third-order valence-electron chi connectivity index (χ3n) is 1.17. The lowest BCUT2D eigenvalue weighted by Gasteiger charge is -1.90. The first-order valence-corrected chi connectivity index (χ1v) is 5.38. The van der Waals surface area contributed by atoms with E-state index in [9.17, 15) is 0 Å². The summed E-state index contributed by atoms with van der Waals surface area (Å²) in [5.74, 6) is 0. The largest absolute Gasteiger partial charge is 0.0937 e. The van der Waals surface area contributed by atoms with Crippen LogP contribution in [0.1, 0.15) is 5.56 Å². The van der Waals surface area contributed by atoms with Gasteiger partial charge in [-0.15, -0.1) is 0 Å². The molecule has 0 fully saturated rings. The number of halogens is 1. The maximum Gasteiger partial charge on any atom is 0.00718 e. The van der Waals surface area contributed by atoms with Gasteiger partial charge in [-0.25, -0.2) is 0 Å². The van der Waals surface area contributed by atoms with Crippen LogP contribution in [0.3, 0.4) is 0 Å². The topological polar surface area (TPSA) is 0 Å². The second-order valence-corrected chi connectivity index (χ2v) is 3.94. The van der Waals surface area contributed by atoms with E-state index in [2.05, 4.69) is 35.7 Å². The van der Waals surface area contributed by atoms with Gasteiger partial charge in [-0.2, -0.15) is 0 Å². The van der Waals surface area contributed by atoms with Gasteiger partial charge >= 0.3 is 0 Å². The third kappa shape index (κ3) is 1.90. The van der Waals surface area contributed by atoms with E-state index in [-0.39, 0.29) is 20.7 Å². The van der Waals surface area contributed by atoms with Crippen LogP contribution in [0.15, 0.2) is 24.3 Å². The van der Waals surface area contributed by atoms with Crippen LogP contribution in [0.2, 0.25) is 0 Å². The Labute approximate surface area is 65.7 Å². The molecule has 48 valence electrons. The van der Waals surface area contributed by atoms with E-state index in [1.54, 1.807) is 0 Å². The van der Waals surface area contributed by atoms with Crippen LogP contribution >= 0.6 is 20.7 Å². The maximum atomic E-state index is 3.90. The lowest BCUT2D eigenvalue weighted by Crippen LogP contribution is -1.71. The van der Waals surface area contributed by atoms with Gasteiger partial charge in [0.15, 0.2) is 0 Å². The van der Waals surface area contributed by atoms with Crippen LogP contribution in [-0.4, -0.2) is 4.51 Å². The van der Waals surface area contributed by atoms with Crippen molar-refractivity contribution >= 4 is 25.2 Å². The van der Waals surface area contributed by atoms with E-state index in [1.165, 1.54) is 9.13 Å². The fourth-order valence-electron chi connectivity index (χ4n) is 0.622. The van der Waals surface area contributed by atoms with Crippen LogP contribution in [0.5, 0.6) is 0 Å². The summed E-state index contributed by atoms with van der Waals surface area (Å²) in [4.78, 5) is 0. The normalized spacial score (nSPS) is 9.44. The quantitative estimate of drug-likeness (QED) is 0.653. The number of hydrogen-bond donors (Lipinski definition) is 0. The Hall–Kier alpha value is -0.180. The molecule has 0 N–H and O–H groups in total. The molecule has 0 aliphatic carbocycles. The highest BCUT2D eigenvalue weighted by molar-refractivity contribution is 14.2. The monoisotopic (exact) mass is 232 g/mol. The summed E-state index contributed by atoms with van der Waals surface area (Å²) in [5.41, 5.74) is 1.33. The molecule has 1 aromatic carbocycles. The Morgan fingerprint density at radius 2 is 1.78 bits per heavy atom. The molecule has 1 aromatic rings. The van der Waals surface area contributed by atoms with Crippen LogP contribution in [-0.2, 0) is 0 Å². The average Bonchev–Trinajstić information content (AvgIpc) is 1.90. The summed E-state index contributed by atoms with van der Waals surface area (Å²) in [6.45, 7) is 2.10. The molecule has 0 saturated carbocycles. The molecule has 0 bridgehead atoms. The van der Waals surface area contributed by atoms with Gasteiger partial charge in [-0.3, -0.25) is 0 Å². The first-order chi connectivity index (χ1) is 4.33. The van der Waals surface area contributed by atoms with Gasteiger partial charge in [0.2, 0.25) is 0 Å². The highest BCUT2D eigenvalue weighted by Crippen LogP contribution is 2.09. The lowest BCUT2D eigenvalue weighted by molar-refractivity contribution is 1.46. The number of benzene rings is 1. The van der Waals surface area contributed by atoms with E-state index in [0.717, 1.165) is 0 Å². The molecule has 0 unspecified atom stereocenters. The zero-order chi connectivity index (χ0) is 6.69. The van der Waals surface area contributed by atoms with Gasteiger partial charge in [0, 0.05) is 3.57 Å². The van der Waals surface area contributed by atoms with Gasteiger partial charge < -0.3 is 0 Å². The highest BCUT2D eigenvalue weighted by Gasteiger charge is 1.82. The molecule has 0 radical (unpaired) electrons. The summed E-state index contributed by atoms with van der Waals surface area (Å²) < 4.78 is 5.31. The smallest absolute Gasteiger partial charge is 0.00718 e. The first kappa shape index (κ1) is 6.93. The SMILES string of the molecule is C=Ic1ccc(C)cc1. The van der Waals surface area contributed by atoms with E-state index in [4.69, 9.17) is 0 Å². The Morgan fingerprint density at radius 1 is 1.22 bits per heavy atom. The van der Waals surface area contributed by atoms with Gasteiger partial charge in [0.25, 0.3) is 0 Å². The summed E-state index contributed by atoms with van der Waals surface area (Å²) in [7, 11) is 0. The standard InChI is InChI=1S/C8H9I/c1-7-3-5-8(9-2)6-4-7/h3-6H,2H2,1H3. The van der Waals surface area contributed by atoms with Gasteiger partial charge in [-0.05, 0) is 19.1 Å². The van der Waals surface area contributed by atoms with Crippen LogP contribution in [0, 0.1) is 10.5 Å². The third-order valence-corrected chi connectivity index (χ3v) is 2.77. The molecule has 0 atom stereocenters. The fraction of sp³-hybridized carbons (Fsp3) is 0.125. The van der Waals surface area contributed by atoms with E-state index < -0.39 is 0 Å². The molecule has 0 amide bonds. The molecule has 0 heterocycles. The van der Waals surface area contributed by atoms with Gasteiger partial charge in [-0.1, -0.05) is 42.9 Å². The molecule has 0 nitrogen and oxygen atoms in total. The van der Waals surface area contributed by atoms with Crippen molar-refractivity contribution in [1.82, 2.24) is 0 Å². The van der Waals surface area contributed by atoms with E-state index in [1.807, 2.05) is 0 Å². The number of hydrogen-bond acceptors (Lipinski definition) is 0. The average molecular weight is 232 g/mol. The molecule has 9 heavy (non-hydrogen) atoms. The Balaban J connectivity index is 3.01. The zero-order valence-electron chi connectivity index (χ0n) is 5.39. The molecule has 0 aliphatic rings. The summed E-state index contributed by atoms with van der Waals surface area (Å²) in [6.07, 6.45) is 0. The molecule has 0 aliphatic heterocycles. The van der Waals surface area contributed by atoms with Crippen molar-refractivity contribution in [2.75, 3.05) is 0 Å². The lowest BCUT2D eigenvalue weighted by atomic mass is 10.2. The number of rotatable bonds is 1. The minimum absolute atomic E-state index is 0.0466. The number of aryl methyl sites for hydroxylation is 1. The van der Waals surface area contributed by atoms with Crippen LogP contribution in [0.25, 0.3) is 0 Å². The van der Waals surface area contributed by atoms with Crippen molar-refractivity contribution in [3.63, 3.8) is 0 Å². The molecule has 0 saturated heterocycles. The fourth-order valence-corrected chi connectivity index (χ4v) is 1.49. The summed E-state index contributed by atoms with van der Waals surface area (Å²) in [5, 5.41) is 0. The van der Waals surface area contributed by atoms with Crippen LogP contribution < -0.4 is 0 Å². The Bertz CT molecular complexity index is 198. The molecular formula is C8H9I. The molecule has 0 spiro atoms. The predicted octanol–water partition coefficient (Wildman–Crippen LogP) is 2.57. The van der Waals surface area contributed by atoms with Crippen molar-refractivity contribution < 1.29 is 0 Å². The van der Waals surface area contributed by atoms with Crippen molar-refractivity contribution in [3.8, 4) is 0 Å². The Kier molecular flexibility index (Phi) is 2.39. The zero-order valence-corrected chi connectivity index (χ0v) is 7.55. The van der Waals surface area contributed by atoms with Crippen LogP contribution in [0.4, 0.5) is 0 Å². The minimum Gasteiger partial charge on any atom is -0.0937 e. The highest BCUT2D eigenvalue weighted by atomic mass is 127. The minimum atomic E-state index is 0.0466. The van der Waals surface area contributed by atoms with Gasteiger partial charge in [0.05, 0.1) is 0 Å². The van der Waals surface area contributed by atoms with E-state index in [0.29, 0.717) is 0 Å². The Morgan fingerprint density at radius 3 is 2.22 bits per heavy atom. The van der Waals surface area contributed by atoms with Gasteiger partial charge in [0.1, 0.15) is 0 Å². The first-order valence-electron chi connectivity index (χ1n) is 2.78. The molecule has 0 aromatic heterocycles. The summed E-state index contributed by atoms with van der Waals surface area (Å²) in [6, 6.07) is 8.60. The van der Waals surface area contributed by atoms with Crippen molar-refractivity contribution in [1.29, 1.82) is 0 Å². The molecule has 1 heteroatoms. The van der Waals surface area contributed by atoms with E-state index >= 15 is 0 Å². The van der Waals surface area contributed by atoms with Crippen molar-refractivity contribution in [3.05, 3.63) is 33.4 Å². The summed E-state index contributed by atoms with van der Waals surface area (Å²) >= 11 is 0.0466. The predicted molar refractivity (Wildman–Crippen MR) is 51.0 cm³/mol. The molecule has 1 rings (SSSR count). The second-order valence-electron chi connectivity index (χ2n) is 1.93. The second kappa shape index (κ2) is 3.11. The van der Waals surface area contributed by atoms with Crippen molar-refractivity contribution in [2.24, 2.45) is 0 Å². The van der Waals surface area contributed by atoms with Crippen molar-refractivity contribution in [2.45, 2.75) is 6.92 Å². The molecular weight excluding hydrogens is 223 g/mol.